The van der Waals surface area contributed by atoms with Gasteiger partial charge in [0.25, 0.3) is 0 Å². The zero-order valence-corrected chi connectivity index (χ0v) is 30.5. The number of H-pyrrole nitrogens is 2. The molecular weight excluding hydrogens is 668 g/mol. The third kappa shape index (κ3) is 5.69. The summed E-state index contributed by atoms with van der Waals surface area (Å²) in [7, 11) is 0. The Bertz CT molecular complexity index is 2000. The largest absolute Gasteiger partial charge is 0.294 e. The molecule has 2 N–H and O–H groups in total. The number of benzene rings is 2. The molecule has 2 atom stereocenters. The number of halogens is 4. The van der Waals surface area contributed by atoms with Crippen LogP contribution in [0.15, 0.2) is 71.1 Å². The van der Waals surface area contributed by atoms with Crippen LogP contribution in [0.1, 0.15) is 114 Å². The first-order chi connectivity index (χ1) is 24.5. The lowest BCUT2D eigenvalue weighted by Crippen LogP contribution is -2.42. The number of nitrogens with one attached hydrogen (secondary N) is 2. The fourth-order valence-electron chi connectivity index (χ4n) is 9.95. The highest BCUT2D eigenvalue weighted by molar-refractivity contribution is 6.02. The van der Waals surface area contributed by atoms with Gasteiger partial charge < -0.3 is 0 Å². The quantitative estimate of drug-likeness (QED) is 0.207. The molecular formula is C42H44F4N4O2. The highest BCUT2D eigenvalue weighted by Gasteiger charge is 2.51. The lowest BCUT2D eigenvalue weighted by molar-refractivity contribution is -0.119. The van der Waals surface area contributed by atoms with E-state index in [1.165, 1.54) is 24.3 Å². The van der Waals surface area contributed by atoms with Gasteiger partial charge in [-0.2, -0.15) is 10.2 Å². The molecule has 272 valence electrons. The number of aromatic nitrogens is 4. The summed E-state index contributed by atoms with van der Waals surface area (Å²) in [5.41, 5.74) is 6.19. The van der Waals surface area contributed by atoms with Crippen LogP contribution in [0.2, 0.25) is 0 Å². The predicted octanol–water partition coefficient (Wildman–Crippen LogP) is 9.25. The monoisotopic (exact) mass is 712 g/mol. The molecule has 8 rings (SSSR count). The summed E-state index contributed by atoms with van der Waals surface area (Å²) in [5, 5.41) is 14.4. The number of fused-ring (bicyclic) bond motifs is 2. The Labute approximate surface area is 301 Å². The van der Waals surface area contributed by atoms with E-state index in [1.807, 2.05) is 13.8 Å². The van der Waals surface area contributed by atoms with Gasteiger partial charge in [-0.1, -0.05) is 52.7 Å². The Morgan fingerprint density at radius 1 is 0.577 bits per heavy atom. The van der Waals surface area contributed by atoms with Crippen molar-refractivity contribution in [3.63, 3.8) is 0 Å². The minimum absolute atomic E-state index is 0.0784. The number of hydrogen-bond acceptors (Lipinski definition) is 4. The number of carbonyl (C=O) groups is 2. The van der Waals surface area contributed by atoms with Gasteiger partial charge in [0.2, 0.25) is 0 Å². The van der Waals surface area contributed by atoms with E-state index in [-0.39, 0.29) is 22.4 Å². The average molecular weight is 713 g/mol. The molecule has 4 aliphatic carbocycles. The van der Waals surface area contributed by atoms with Crippen LogP contribution < -0.4 is 0 Å². The van der Waals surface area contributed by atoms with Gasteiger partial charge in [-0.3, -0.25) is 19.8 Å². The second-order valence-corrected chi connectivity index (χ2v) is 16.6. The first kappa shape index (κ1) is 35.8. The Morgan fingerprint density at radius 2 is 0.923 bits per heavy atom. The van der Waals surface area contributed by atoms with Crippen molar-refractivity contribution in [3.05, 3.63) is 128 Å². The predicted molar refractivity (Wildman–Crippen MR) is 190 cm³/mol. The highest BCUT2D eigenvalue weighted by Crippen LogP contribution is 2.55. The van der Waals surface area contributed by atoms with Gasteiger partial charge in [0.1, 0.15) is 23.3 Å². The normalized spacial score (nSPS) is 24.4. The molecule has 52 heavy (non-hydrogen) atoms. The van der Waals surface area contributed by atoms with Crippen molar-refractivity contribution >= 4 is 11.6 Å². The molecule has 6 nitrogen and oxygen atoms in total. The van der Waals surface area contributed by atoms with Gasteiger partial charge in [0.15, 0.2) is 11.6 Å². The third-order valence-electron chi connectivity index (χ3n) is 11.7. The van der Waals surface area contributed by atoms with Crippen LogP contribution in [-0.2, 0) is 33.3 Å². The zero-order valence-electron chi connectivity index (χ0n) is 30.5. The molecule has 0 saturated heterocycles. The smallest absolute Gasteiger partial charge is 0.160 e. The SMILES string of the molecule is CC[C@@]1(c2cc(F)cc(F)c2)C2=C(Cc3[nH]ncc31)CC(C)(C)CC2=O.CC[C@]1(c2cc(F)cc(F)c2)C2=C(Cc3[nH]ncc31)CC(C)(C)CC2=O. The minimum atomic E-state index is -0.855. The van der Waals surface area contributed by atoms with Crippen molar-refractivity contribution in [2.45, 2.75) is 104 Å². The Kier molecular flexibility index (Phi) is 8.62. The van der Waals surface area contributed by atoms with Gasteiger partial charge in [-0.05, 0) is 71.9 Å². The van der Waals surface area contributed by atoms with Crippen molar-refractivity contribution in [1.29, 1.82) is 0 Å². The molecule has 0 fully saturated rings. The van der Waals surface area contributed by atoms with Crippen LogP contribution in [0.4, 0.5) is 17.6 Å². The second-order valence-electron chi connectivity index (χ2n) is 16.6. The lowest BCUT2D eigenvalue weighted by Gasteiger charge is -2.45. The summed E-state index contributed by atoms with van der Waals surface area (Å²) in [6.07, 6.45) is 8.24. The van der Waals surface area contributed by atoms with Crippen LogP contribution in [0.3, 0.4) is 0 Å². The molecule has 0 saturated carbocycles. The summed E-state index contributed by atoms with van der Waals surface area (Å²) in [5.74, 6) is -2.36. The molecule has 10 heteroatoms. The Balaban J connectivity index is 0.000000162. The number of nitrogens with zero attached hydrogens (tertiary/aromatic N) is 2. The summed E-state index contributed by atoms with van der Waals surface area (Å²) >= 11 is 0. The van der Waals surface area contributed by atoms with Crippen molar-refractivity contribution in [1.82, 2.24) is 20.4 Å². The summed E-state index contributed by atoms with van der Waals surface area (Å²) in [6, 6.07) is 7.15. The first-order valence-corrected chi connectivity index (χ1v) is 18.0. The van der Waals surface area contributed by atoms with E-state index in [1.54, 1.807) is 12.4 Å². The molecule has 2 heterocycles. The molecule has 0 spiro atoms. The first-order valence-electron chi connectivity index (χ1n) is 18.0. The summed E-state index contributed by atoms with van der Waals surface area (Å²) < 4.78 is 56.3. The van der Waals surface area contributed by atoms with Gasteiger partial charge >= 0.3 is 0 Å². The van der Waals surface area contributed by atoms with Gasteiger partial charge in [0.05, 0.1) is 23.2 Å². The van der Waals surface area contributed by atoms with E-state index in [2.05, 4.69) is 48.1 Å². The number of carbonyl (C=O) groups excluding carboxylic acids is 2. The zero-order chi connectivity index (χ0) is 37.4. The van der Waals surface area contributed by atoms with E-state index in [9.17, 15) is 27.2 Å². The van der Waals surface area contributed by atoms with E-state index in [0.29, 0.717) is 49.7 Å². The van der Waals surface area contributed by atoms with Gasteiger partial charge in [-0.25, -0.2) is 17.6 Å². The fourth-order valence-corrected chi connectivity index (χ4v) is 9.95. The number of ketones is 2. The molecule has 2 aromatic heterocycles. The topological polar surface area (TPSA) is 91.5 Å². The van der Waals surface area contributed by atoms with Crippen LogP contribution >= 0.6 is 0 Å². The lowest BCUT2D eigenvalue weighted by atomic mass is 9.57. The average Bonchev–Trinajstić information content (AvgIpc) is 3.71. The highest BCUT2D eigenvalue weighted by atomic mass is 19.1. The molecule has 2 aromatic carbocycles. The van der Waals surface area contributed by atoms with E-state index in [0.717, 1.165) is 69.8 Å². The summed E-state index contributed by atoms with van der Waals surface area (Å²) in [4.78, 5) is 26.4. The maximum absolute atomic E-state index is 14.1. The maximum atomic E-state index is 14.1. The van der Waals surface area contributed by atoms with E-state index < -0.39 is 34.1 Å². The van der Waals surface area contributed by atoms with Crippen LogP contribution in [-0.4, -0.2) is 32.0 Å². The number of Topliss-reactive ketones (excluding diaryl/α,β-unsaturated/α-hetero) is 2. The van der Waals surface area contributed by atoms with Gasteiger partial charge in [0, 0.05) is 71.5 Å². The number of aromatic amines is 2. The standard InChI is InChI=1S/2C21H22F2N2O/c2*1-4-21(13-6-14(22)8-15(23)7-13)16-11-24-25-17(16)5-12-9-20(2,3)10-18(26)19(12)21/h2*6-8,11H,4-5,9-10H2,1-3H3,(H,24,25)/t2*21-/m10/s1. The Morgan fingerprint density at radius 3 is 1.25 bits per heavy atom. The van der Waals surface area contributed by atoms with Crippen molar-refractivity contribution in [3.8, 4) is 0 Å². The van der Waals surface area contributed by atoms with Gasteiger partial charge in [-0.15, -0.1) is 0 Å². The molecule has 0 bridgehead atoms. The van der Waals surface area contributed by atoms with Crippen LogP contribution in [0.25, 0.3) is 0 Å². The number of hydrogen-bond donors (Lipinski definition) is 2. The van der Waals surface area contributed by atoms with Crippen molar-refractivity contribution in [2.75, 3.05) is 0 Å². The molecule has 4 aromatic rings. The Hall–Kier alpha value is -4.60. The minimum Gasteiger partial charge on any atom is -0.294 e. The van der Waals surface area contributed by atoms with Crippen molar-refractivity contribution < 1.29 is 27.2 Å². The molecule has 0 aliphatic heterocycles. The molecule has 0 radical (unpaired) electrons. The maximum Gasteiger partial charge on any atom is 0.160 e. The van der Waals surface area contributed by atoms with E-state index >= 15 is 0 Å². The fraction of sp³-hybridized carbons (Fsp3) is 0.429. The second kappa shape index (κ2) is 12.5. The van der Waals surface area contributed by atoms with E-state index in [4.69, 9.17) is 0 Å². The van der Waals surface area contributed by atoms with Crippen molar-refractivity contribution in [2.24, 2.45) is 10.8 Å². The molecule has 4 aliphatic rings. The number of allylic oxidation sites excluding steroid dienone is 4. The number of rotatable bonds is 4. The molecule has 0 amide bonds. The molecule has 0 unspecified atom stereocenters. The summed E-state index contributed by atoms with van der Waals surface area (Å²) in [6.45, 7) is 12.3. The van der Waals surface area contributed by atoms with Crippen LogP contribution in [0.5, 0.6) is 0 Å². The third-order valence-corrected chi connectivity index (χ3v) is 11.7. The van der Waals surface area contributed by atoms with Crippen LogP contribution in [0, 0.1) is 34.1 Å².